The van der Waals surface area contributed by atoms with Gasteiger partial charge in [-0.3, -0.25) is 4.79 Å². The molecular weight excluding hydrogens is 398 g/mol. The van der Waals surface area contributed by atoms with Gasteiger partial charge in [-0.15, -0.1) is 0 Å². The molecule has 0 spiro atoms. The number of oxime groups is 1. The maximum atomic E-state index is 12.3. The number of benzene rings is 1. The number of amides is 1. The van der Waals surface area contributed by atoms with Gasteiger partial charge in [0.15, 0.2) is 5.60 Å². The Morgan fingerprint density at radius 2 is 2.03 bits per heavy atom. The molecule has 8 heteroatoms. The largest absolute Gasteiger partial charge is 0.467 e. The summed E-state index contributed by atoms with van der Waals surface area (Å²) in [6.45, 7) is 4.26. The van der Waals surface area contributed by atoms with E-state index in [0.717, 1.165) is 11.3 Å². The van der Waals surface area contributed by atoms with Crippen molar-refractivity contribution in [3.05, 3.63) is 83.1 Å². The molecule has 0 bridgehead atoms. The smallest absolute Gasteiger partial charge is 0.355 e. The highest BCUT2D eigenvalue weighted by atomic mass is 16.7. The predicted molar refractivity (Wildman–Crippen MR) is 113 cm³/mol. The van der Waals surface area contributed by atoms with Gasteiger partial charge in [0.2, 0.25) is 0 Å². The average Bonchev–Trinajstić information content (AvgIpc) is 3.53. The van der Waals surface area contributed by atoms with Gasteiger partial charge in [0.1, 0.15) is 11.5 Å². The fourth-order valence-corrected chi connectivity index (χ4v) is 3.52. The van der Waals surface area contributed by atoms with Gasteiger partial charge >= 0.3 is 5.97 Å². The van der Waals surface area contributed by atoms with E-state index in [1.807, 2.05) is 19.1 Å². The van der Waals surface area contributed by atoms with E-state index in [4.69, 9.17) is 14.0 Å². The van der Waals surface area contributed by atoms with E-state index in [1.165, 1.54) is 0 Å². The van der Waals surface area contributed by atoms with Gasteiger partial charge in [0.05, 0.1) is 25.1 Å². The van der Waals surface area contributed by atoms with Crippen molar-refractivity contribution in [2.24, 2.45) is 5.16 Å². The lowest BCUT2D eigenvalue weighted by Gasteiger charge is -2.21. The number of rotatable bonds is 7. The normalized spacial score (nSPS) is 17.7. The van der Waals surface area contributed by atoms with E-state index in [9.17, 15) is 9.59 Å². The molecule has 8 nitrogen and oxygen atoms in total. The van der Waals surface area contributed by atoms with E-state index in [1.54, 1.807) is 49.7 Å². The van der Waals surface area contributed by atoms with Crippen LogP contribution in [0.1, 0.15) is 58.0 Å². The Hall–Kier alpha value is -3.81. The summed E-state index contributed by atoms with van der Waals surface area (Å²) in [5, 5.41) is 7.06. The average molecular weight is 421 g/mol. The van der Waals surface area contributed by atoms with Gasteiger partial charge in [-0.25, -0.2) is 4.79 Å². The Kier molecular flexibility index (Phi) is 5.62. The number of esters is 1. The third-order valence-corrected chi connectivity index (χ3v) is 5.14. The summed E-state index contributed by atoms with van der Waals surface area (Å²) >= 11 is 0. The summed E-state index contributed by atoms with van der Waals surface area (Å²) in [7, 11) is 0. The lowest BCUT2D eigenvalue weighted by atomic mass is 9.89. The zero-order valence-electron chi connectivity index (χ0n) is 17.3. The number of hydrogen-bond donors (Lipinski definition) is 2. The van der Waals surface area contributed by atoms with Crippen molar-refractivity contribution in [3.63, 3.8) is 0 Å². The van der Waals surface area contributed by atoms with Crippen molar-refractivity contribution in [2.75, 3.05) is 6.61 Å². The fraction of sp³-hybridized carbons (Fsp3) is 0.261. The van der Waals surface area contributed by atoms with Gasteiger partial charge in [-0.05, 0) is 49.7 Å². The molecule has 0 saturated heterocycles. The predicted octanol–water partition coefficient (Wildman–Crippen LogP) is 3.75. The molecule has 0 radical (unpaired) electrons. The summed E-state index contributed by atoms with van der Waals surface area (Å²) in [5.74, 6) is 0.0724. The van der Waals surface area contributed by atoms with Crippen LogP contribution in [0.4, 0.5) is 0 Å². The topological polar surface area (TPSA) is 106 Å². The molecule has 2 N–H and O–H groups in total. The number of hydrogen-bond acceptors (Lipinski definition) is 6. The van der Waals surface area contributed by atoms with Crippen molar-refractivity contribution in [2.45, 2.75) is 32.4 Å². The van der Waals surface area contributed by atoms with Crippen molar-refractivity contribution in [3.8, 4) is 0 Å². The van der Waals surface area contributed by atoms with Gasteiger partial charge < -0.3 is 24.3 Å². The molecule has 1 aliphatic heterocycles. The zero-order chi connectivity index (χ0) is 21.8. The quantitative estimate of drug-likeness (QED) is 0.565. The van der Waals surface area contributed by atoms with E-state index in [2.05, 4.69) is 15.5 Å². The van der Waals surface area contributed by atoms with Crippen LogP contribution in [0.2, 0.25) is 0 Å². The van der Waals surface area contributed by atoms with Gasteiger partial charge in [0.25, 0.3) is 5.91 Å². The van der Waals surface area contributed by atoms with Gasteiger partial charge in [-0.2, -0.15) is 0 Å². The van der Waals surface area contributed by atoms with Crippen molar-refractivity contribution in [1.29, 1.82) is 0 Å². The summed E-state index contributed by atoms with van der Waals surface area (Å²) in [4.78, 5) is 33.2. The first-order valence-corrected chi connectivity index (χ1v) is 10.0. The SMILES string of the molecule is CCOC(=O)c1[nH]ccc1C1(C)CC(c2ccc(C(=O)NCc3ccco3)cc2)=NO1. The maximum Gasteiger partial charge on any atom is 0.355 e. The fourth-order valence-electron chi connectivity index (χ4n) is 3.52. The minimum atomic E-state index is -0.795. The number of ether oxygens (including phenoxy) is 1. The van der Waals surface area contributed by atoms with Crippen LogP contribution in [-0.4, -0.2) is 29.2 Å². The highest BCUT2D eigenvalue weighted by molar-refractivity contribution is 6.03. The van der Waals surface area contributed by atoms with E-state index in [0.29, 0.717) is 35.5 Å². The third kappa shape index (κ3) is 4.23. The van der Waals surface area contributed by atoms with Crippen LogP contribution in [0.25, 0.3) is 0 Å². The third-order valence-electron chi connectivity index (χ3n) is 5.14. The first kappa shape index (κ1) is 20.5. The number of nitrogens with zero attached hydrogens (tertiary/aromatic N) is 1. The van der Waals surface area contributed by atoms with E-state index in [-0.39, 0.29) is 12.5 Å². The second-order valence-corrected chi connectivity index (χ2v) is 7.36. The van der Waals surface area contributed by atoms with Crippen LogP contribution < -0.4 is 5.32 Å². The Morgan fingerprint density at radius 3 is 2.74 bits per heavy atom. The Morgan fingerprint density at radius 1 is 1.23 bits per heavy atom. The lowest BCUT2D eigenvalue weighted by molar-refractivity contribution is -0.00870. The number of aromatic nitrogens is 1. The molecule has 31 heavy (non-hydrogen) atoms. The molecule has 0 aliphatic carbocycles. The van der Waals surface area contributed by atoms with Crippen LogP contribution in [0.5, 0.6) is 0 Å². The van der Waals surface area contributed by atoms with Crippen molar-refractivity contribution in [1.82, 2.24) is 10.3 Å². The molecule has 3 aromatic rings. The number of carbonyl (C=O) groups is 2. The number of nitrogens with one attached hydrogen (secondary N) is 2. The Balaban J connectivity index is 1.43. The van der Waals surface area contributed by atoms with Crippen LogP contribution in [0, 0.1) is 0 Å². The second-order valence-electron chi connectivity index (χ2n) is 7.36. The molecule has 0 saturated carbocycles. The number of furan rings is 1. The molecule has 1 atom stereocenters. The van der Waals surface area contributed by atoms with Crippen LogP contribution in [0.15, 0.2) is 64.5 Å². The molecule has 1 unspecified atom stereocenters. The minimum absolute atomic E-state index is 0.191. The number of H-pyrrole nitrogens is 1. The Bertz CT molecular complexity index is 1100. The summed E-state index contributed by atoms with van der Waals surface area (Å²) in [6.07, 6.45) is 3.73. The van der Waals surface area contributed by atoms with Crippen molar-refractivity contribution < 1.29 is 23.6 Å². The molecule has 1 aromatic carbocycles. The molecule has 4 rings (SSSR count). The van der Waals surface area contributed by atoms with Crippen LogP contribution in [-0.2, 0) is 21.7 Å². The molecule has 1 amide bonds. The monoisotopic (exact) mass is 421 g/mol. The molecule has 3 heterocycles. The molecule has 2 aromatic heterocycles. The van der Waals surface area contributed by atoms with E-state index < -0.39 is 11.6 Å². The van der Waals surface area contributed by atoms with Gasteiger partial charge in [-0.1, -0.05) is 17.3 Å². The first-order chi connectivity index (χ1) is 15.0. The second kappa shape index (κ2) is 8.51. The molecule has 160 valence electrons. The van der Waals surface area contributed by atoms with Crippen LogP contribution in [0.3, 0.4) is 0 Å². The summed E-state index contributed by atoms with van der Waals surface area (Å²) in [5.41, 5.74) is 2.38. The first-order valence-electron chi connectivity index (χ1n) is 10.0. The number of aromatic amines is 1. The number of carbonyl (C=O) groups excluding carboxylic acids is 2. The molecular formula is C23H23N3O5. The maximum absolute atomic E-state index is 12.3. The minimum Gasteiger partial charge on any atom is -0.467 e. The molecule has 0 fully saturated rings. The zero-order valence-corrected chi connectivity index (χ0v) is 17.3. The van der Waals surface area contributed by atoms with Crippen LogP contribution >= 0.6 is 0 Å². The Labute approximate surface area is 179 Å². The van der Waals surface area contributed by atoms with Gasteiger partial charge in [0, 0.05) is 23.7 Å². The van der Waals surface area contributed by atoms with Crippen molar-refractivity contribution >= 4 is 17.6 Å². The highest BCUT2D eigenvalue weighted by Gasteiger charge is 2.40. The summed E-state index contributed by atoms with van der Waals surface area (Å²) in [6, 6.07) is 12.5. The highest BCUT2D eigenvalue weighted by Crippen LogP contribution is 2.37. The lowest BCUT2D eigenvalue weighted by Crippen LogP contribution is -2.25. The molecule has 1 aliphatic rings. The van der Waals surface area contributed by atoms with E-state index >= 15 is 0 Å². The summed E-state index contributed by atoms with van der Waals surface area (Å²) < 4.78 is 10.3. The standard InChI is InChI=1S/C23H23N3O5/c1-3-29-22(28)20-18(10-11-24-20)23(2)13-19(26-31-23)15-6-8-16(9-7-15)21(27)25-14-17-5-4-12-30-17/h4-12,24H,3,13-14H2,1-2H3,(H,25,27).